The Morgan fingerprint density at radius 2 is 1.85 bits per heavy atom. The van der Waals surface area contributed by atoms with E-state index in [-0.39, 0.29) is 11.6 Å². The van der Waals surface area contributed by atoms with Crippen molar-refractivity contribution in [3.63, 3.8) is 0 Å². The molecule has 1 amide bonds. The minimum atomic E-state index is -0.807. The van der Waals surface area contributed by atoms with Gasteiger partial charge in [-0.3, -0.25) is 9.80 Å². The van der Waals surface area contributed by atoms with Crippen LogP contribution < -0.4 is 5.32 Å². The van der Waals surface area contributed by atoms with Gasteiger partial charge in [-0.25, -0.2) is 4.79 Å². The Bertz CT molecular complexity index is 307. The molecule has 0 aliphatic carbocycles. The highest BCUT2D eigenvalue weighted by Crippen LogP contribution is 2.23. The Morgan fingerprint density at radius 1 is 1.30 bits per heavy atom. The molecule has 1 rings (SSSR count). The second-order valence-corrected chi connectivity index (χ2v) is 7.16. The van der Waals surface area contributed by atoms with E-state index in [0.29, 0.717) is 5.92 Å². The van der Waals surface area contributed by atoms with Crippen LogP contribution in [0.25, 0.3) is 0 Å². The highest BCUT2D eigenvalue weighted by atomic mass is 16.4. The van der Waals surface area contributed by atoms with Crippen LogP contribution >= 0.6 is 0 Å². The number of nitrogens with zero attached hydrogens (tertiary/aromatic N) is 2. The molecule has 1 heterocycles. The van der Waals surface area contributed by atoms with Gasteiger partial charge in [0, 0.05) is 44.3 Å². The van der Waals surface area contributed by atoms with Gasteiger partial charge < -0.3 is 10.4 Å². The molecular weight excluding hydrogens is 254 g/mol. The molecule has 0 spiro atoms. The zero-order valence-corrected chi connectivity index (χ0v) is 13.6. The molecule has 2 N–H and O–H groups in total. The van der Waals surface area contributed by atoms with E-state index in [4.69, 9.17) is 0 Å². The highest BCUT2D eigenvalue weighted by molar-refractivity contribution is 5.66. The van der Waals surface area contributed by atoms with Crippen LogP contribution in [-0.2, 0) is 0 Å². The zero-order chi connectivity index (χ0) is 15.3. The molecule has 0 radical (unpaired) electrons. The third-order valence-corrected chi connectivity index (χ3v) is 3.72. The minimum Gasteiger partial charge on any atom is -0.465 e. The molecule has 0 aromatic rings. The second kappa shape index (κ2) is 7.27. The summed E-state index contributed by atoms with van der Waals surface area (Å²) in [6, 6.07) is 0.0607. The SMILES string of the molecule is CC(C)C[C@@H](CN1CCNCC1)N(C(=O)O)C(C)(C)C. The third kappa shape index (κ3) is 5.29. The van der Waals surface area contributed by atoms with Crippen LogP contribution in [0.3, 0.4) is 0 Å². The predicted octanol–water partition coefficient (Wildman–Crippen LogP) is 2.08. The van der Waals surface area contributed by atoms with Crippen molar-refractivity contribution in [2.24, 2.45) is 5.92 Å². The third-order valence-electron chi connectivity index (χ3n) is 3.72. The molecule has 0 unspecified atom stereocenters. The van der Waals surface area contributed by atoms with Gasteiger partial charge in [-0.1, -0.05) is 13.8 Å². The van der Waals surface area contributed by atoms with Crippen molar-refractivity contribution < 1.29 is 9.90 Å². The average Bonchev–Trinajstić information content (AvgIpc) is 2.26. The standard InChI is InChI=1S/C15H31N3O2/c1-12(2)10-13(11-17-8-6-16-7-9-17)18(14(19)20)15(3,4)5/h12-13,16H,6-11H2,1-5H3,(H,19,20)/t13-/m0/s1. The van der Waals surface area contributed by atoms with Gasteiger partial charge in [0.25, 0.3) is 0 Å². The molecule has 0 saturated carbocycles. The first-order valence-electron chi connectivity index (χ1n) is 7.67. The monoisotopic (exact) mass is 285 g/mol. The Hall–Kier alpha value is -0.810. The molecule has 118 valence electrons. The maximum Gasteiger partial charge on any atom is 0.408 e. The lowest BCUT2D eigenvalue weighted by molar-refractivity contribution is 0.0449. The summed E-state index contributed by atoms with van der Waals surface area (Å²) in [5.74, 6) is 0.493. The topological polar surface area (TPSA) is 55.8 Å². The summed E-state index contributed by atoms with van der Waals surface area (Å²) >= 11 is 0. The zero-order valence-electron chi connectivity index (χ0n) is 13.6. The van der Waals surface area contributed by atoms with E-state index < -0.39 is 6.09 Å². The van der Waals surface area contributed by atoms with Crippen LogP contribution in [-0.4, -0.2) is 65.3 Å². The normalized spacial score (nSPS) is 19.1. The van der Waals surface area contributed by atoms with Gasteiger partial charge in [-0.2, -0.15) is 0 Å². The summed E-state index contributed by atoms with van der Waals surface area (Å²) in [6.07, 6.45) is 0.103. The quantitative estimate of drug-likeness (QED) is 0.812. The molecule has 5 nitrogen and oxygen atoms in total. The number of piperazine rings is 1. The number of rotatable bonds is 5. The maximum absolute atomic E-state index is 11.7. The lowest BCUT2D eigenvalue weighted by Crippen LogP contribution is -2.57. The van der Waals surface area contributed by atoms with Gasteiger partial charge in [0.05, 0.1) is 0 Å². The van der Waals surface area contributed by atoms with E-state index in [9.17, 15) is 9.90 Å². The van der Waals surface area contributed by atoms with E-state index in [0.717, 1.165) is 39.1 Å². The summed E-state index contributed by atoms with van der Waals surface area (Å²) in [5, 5.41) is 13.0. The lowest BCUT2D eigenvalue weighted by Gasteiger charge is -2.43. The summed E-state index contributed by atoms with van der Waals surface area (Å²) in [6.45, 7) is 15.1. The number of hydrogen-bond acceptors (Lipinski definition) is 3. The first-order valence-corrected chi connectivity index (χ1v) is 7.67. The molecule has 1 saturated heterocycles. The lowest BCUT2D eigenvalue weighted by atomic mass is 9.96. The van der Waals surface area contributed by atoms with Crippen molar-refractivity contribution in [2.75, 3.05) is 32.7 Å². The first-order chi connectivity index (χ1) is 9.21. The van der Waals surface area contributed by atoms with E-state index in [1.165, 1.54) is 0 Å². The van der Waals surface area contributed by atoms with Crippen LogP contribution in [0, 0.1) is 5.92 Å². The molecule has 5 heteroatoms. The summed E-state index contributed by atoms with van der Waals surface area (Å²) in [5.41, 5.74) is -0.362. The van der Waals surface area contributed by atoms with Gasteiger partial charge in [0.15, 0.2) is 0 Å². The molecule has 1 fully saturated rings. The molecule has 0 aromatic heterocycles. The second-order valence-electron chi connectivity index (χ2n) is 7.16. The number of hydrogen-bond donors (Lipinski definition) is 2. The van der Waals surface area contributed by atoms with Crippen LogP contribution in [0.2, 0.25) is 0 Å². The van der Waals surface area contributed by atoms with Gasteiger partial charge in [-0.05, 0) is 33.1 Å². The number of carboxylic acid groups (broad SMARTS) is 1. The summed E-state index contributed by atoms with van der Waals surface area (Å²) < 4.78 is 0. The average molecular weight is 285 g/mol. The van der Waals surface area contributed by atoms with Crippen molar-refractivity contribution in [2.45, 2.75) is 52.6 Å². The van der Waals surface area contributed by atoms with Crippen molar-refractivity contribution >= 4 is 6.09 Å². The van der Waals surface area contributed by atoms with Crippen molar-refractivity contribution in [1.29, 1.82) is 0 Å². The van der Waals surface area contributed by atoms with E-state index in [2.05, 4.69) is 24.1 Å². The fourth-order valence-electron chi connectivity index (χ4n) is 2.99. The van der Waals surface area contributed by atoms with Crippen LogP contribution in [0.15, 0.2) is 0 Å². The Kier molecular flexibility index (Phi) is 6.27. The van der Waals surface area contributed by atoms with Crippen LogP contribution in [0.1, 0.15) is 41.0 Å². The van der Waals surface area contributed by atoms with Gasteiger partial charge >= 0.3 is 6.09 Å². The first kappa shape index (κ1) is 17.2. The van der Waals surface area contributed by atoms with E-state index >= 15 is 0 Å². The fraction of sp³-hybridized carbons (Fsp3) is 0.933. The van der Waals surface area contributed by atoms with Gasteiger partial charge in [0.1, 0.15) is 0 Å². The number of carbonyl (C=O) groups is 1. The number of amides is 1. The molecular formula is C15H31N3O2. The molecule has 0 bridgehead atoms. The highest BCUT2D eigenvalue weighted by Gasteiger charge is 2.34. The van der Waals surface area contributed by atoms with Gasteiger partial charge in [0.2, 0.25) is 0 Å². The number of nitrogens with one attached hydrogen (secondary N) is 1. The van der Waals surface area contributed by atoms with Crippen LogP contribution in [0.5, 0.6) is 0 Å². The minimum absolute atomic E-state index is 0.0607. The summed E-state index contributed by atoms with van der Waals surface area (Å²) in [4.78, 5) is 15.7. The van der Waals surface area contributed by atoms with E-state index in [1.807, 2.05) is 20.8 Å². The van der Waals surface area contributed by atoms with Crippen molar-refractivity contribution in [3.05, 3.63) is 0 Å². The maximum atomic E-state index is 11.7. The molecule has 20 heavy (non-hydrogen) atoms. The fourth-order valence-corrected chi connectivity index (χ4v) is 2.99. The smallest absolute Gasteiger partial charge is 0.408 e. The Labute approximate surface area is 123 Å². The molecule has 1 atom stereocenters. The molecule has 0 aromatic carbocycles. The molecule has 1 aliphatic heterocycles. The van der Waals surface area contributed by atoms with E-state index in [1.54, 1.807) is 4.90 Å². The summed E-state index contributed by atoms with van der Waals surface area (Å²) in [7, 11) is 0. The van der Waals surface area contributed by atoms with Crippen LogP contribution in [0.4, 0.5) is 4.79 Å². The largest absolute Gasteiger partial charge is 0.465 e. The van der Waals surface area contributed by atoms with Gasteiger partial charge in [-0.15, -0.1) is 0 Å². The molecule has 1 aliphatic rings. The predicted molar refractivity (Wildman–Crippen MR) is 82.2 cm³/mol. The van der Waals surface area contributed by atoms with Crippen molar-refractivity contribution in [3.8, 4) is 0 Å². The van der Waals surface area contributed by atoms with Crippen molar-refractivity contribution in [1.82, 2.24) is 15.1 Å². The Balaban J connectivity index is 2.82. The Morgan fingerprint density at radius 3 is 2.25 bits per heavy atom.